The van der Waals surface area contributed by atoms with Gasteiger partial charge >= 0.3 is 0 Å². The highest BCUT2D eigenvalue weighted by molar-refractivity contribution is 5.85. The highest BCUT2D eigenvalue weighted by Gasteiger charge is 2.19. The molecule has 0 bridgehead atoms. The summed E-state index contributed by atoms with van der Waals surface area (Å²) >= 11 is 0. The van der Waals surface area contributed by atoms with Crippen LogP contribution in [0.5, 0.6) is 0 Å². The molecule has 0 aliphatic carbocycles. The summed E-state index contributed by atoms with van der Waals surface area (Å²) in [4.78, 5) is 5.18. The number of likely N-dealkylation sites (tertiary alicyclic amines) is 1. The van der Waals surface area contributed by atoms with E-state index >= 15 is 0 Å². The lowest BCUT2D eigenvalue weighted by atomic mass is 9.93. The average Bonchev–Trinajstić information content (AvgIpc) is 2.45. The molecule has 20 heavy (non-hydrogen) atoms. The van der Waals surface area contributed by atoms with Crippen LogP contribution in [0, 0.1) is 5.92 Å². The number of rotatable bonds is 6. The molecule has 0 saturated carbocycles. The van der Waals surface area contributed by atoms with E-state index in [0.717, 1.165) is 32.2 Å². The van der Waals surface area contributed by atoms with E-state index in [9.17, 15) is 0 Å². The van der Waals surface area contributed by atoms with Gasteiger partial charge in [-0.1, -0.05) is 0 Å². The maximum atomic E-state index is 5.38. The van der Waals surface area contributed by atoms with Crippen LogP contribution >= 0.6 is 24.8 Å². The number of hydrogen-bond donors (Lipinski definition) is 1. The summed E-state index contributed by atoms with van der Waals surface area (Å²) < 4.78 is 5.38. The first kappa shape index (κ1) is 20.4. The van der Waals surface area contributed by atoms with Gasteiger partial charge in [-0.25, -0.2) is 0 Å². The van der Waals surface area contributed by atoms with Crippen LogP contribution in [0.25, 0.3) is 0 Å². The molecule has 2 aliphatic rings. The fourth-order valence-electron chi connectivity index (χ4n) is 2.95. The van der Waals surface area contributed by atoms with Crippen molar-refractivity contribution in [2.75, 3.05) is 66.1 Å². The average molecular weight is 328 g/mol. The maximum Gasteiger partial charge on any atom is 0.0594 e. The summed E-state index contributed by atoms with van der Waals surface area (Å²) in [7, 11) is 2.05. The molecule has 2 aliphatic heterocycles. The Morgan fingerprint density at radius 2 is 1.50 bits per heavy atom. The van der Waals surface area contributed by atoms with Gasteiger partial charge in [0.05, 0.1) is 13.2 Å². The van der Waals surface area contributed by atoms with Gasteiger partial charge in [0, 0.05) is 26.2 Å². The van der Waals surface area contributed by atoms with E-state index in [1.165, 1.54) is 52.0 Å². The molecule has 2 fully saturated rings. The lowest BCUT2D eigenvalue weighted by Gasteiger charge is -2.34. The Bertz CT molecular complexity index is 220. The van der Waals surface area contributed by atoms with Crippen molar-refractivity contribution < 1.29 is 4.74 Å². The van der Waals surface area contributed by atoms with Crippen LogP contribution in [-0.4, -0.2) is 75.9 Å². The van der Waals surface area contributed by atoms with Crippen LogP contribution in [0.15, 0.2) is 0 Å². The van der Waals surface area contributed by atoms with E-state index in [1.54, 1.807) is 0 Å². The Hall–Kier alpha value is 0.420. The van der Waals surface area contributed by atoms with Gasteiger partial charge in [0.1, 0.15) is 0 Å². The first-order chi connectivity index (χ1) is 8.88. The largest absolute Gasteiger partial charge is 0.379 e. The summed E-state index contributed by atoms with van der Waals surface area (Å²) in [5.41, 5.74) is 0. The van der Waals surface area contributed by atoms with Crippen LogP contribution in [0.2, 0.25) is 0 Å². The molecule has 1 N–H and O–H groups in total. The molecule has 0 atom stereocenters. The number of morpholine rings is 1. The van der Waals surface area contributed by atoms with Crippen molar-refractivity contribution in [1.82, 2.24) is 15.1 Å². The third-order valence-electron chi connectivity index (χ3n) is 4.35. The Morgan fingerprint density at radius 3 is 2.05 bits per heavy atom. The molecule has 0 aromatic rings. The minimum atomic E-state index is 0. The summed E-state index contributed by atoms with van der Waals surface area (Å²) in [6.45, 7) is 10.4. The van der Waals surface area contributed by atoms with Crippen molar-refractivity contribution in [2.45, 2.75) is 19.3 Å². The third kappa shape index (κ3) is 7.43. The molecule has 6 heteroatoms. The van der Waals surface area contributed by atoms with E-state index in [1.807, 2.05) is 0 Å². The van der Waals surface area contributed by atoms with Gasteiger partial charge in [-0.05, 0) is 51.9 Å². The van der Waals surface area contributed by atoms with Crippen molar-refractivity contribution in [3.63, 3.8) is 0 Å². The standard InChI is InChI=1S/C14H29N3O.2ClH/c1-15-5-2-14-3-6-16(7-4-14)8-9-17-10-12-18-13-11-17;;/h14-15H,2-13H2,1H3;2*1H. The molecule has 2 rings (SSSR count). The second-order valence-electron chi connectivity index (χ2n) is 5.63. The Kier molecular flexibility index (Phi) is 12.3. The van der Waals surface area contributed by atoms with Gasteiger partial charge in [-0.2, -0.15) is 0 Å². The van der Waals surface area contributed by atoms with Crippen LogP contribution in [0.1, 0.15) is 19.3 Å². The molecule has 2 saturated heterocycles. The summed E-state index contributed by atoms with van der Waals surface area (Å²) in [6.07, 6.45) is 4.14. The SMILES string of the molecule is CNCCC1CCN(CCN2CCOCC2)CC1.Cl.Cl. The molecule has 122 valence electrons. The summed E-state index contributed by atoms with van der Waals surface area (Å²) in [5.74, 6) is 0.956. The van der Waals surface area contributed by atoms with E-state index in [2.05, 4.69) is 22.2 Å². The maximum absolute atomic E-state index is 5.38. The molecule has 0 aromatic carbocycles. The fourth-order valence-corrected chi connectivity index (χ4v) is 2.95. The Morgan fingerprint density at radius 1 is 0.950 bits per heavy atom. The Balaban J connectivity index is 0.00000180. The quantitative estimate of drug-likeness (QED) is 0.799. The molecule has 2 heterocycles. The first-order valence-electron chi connectivity index (χ1n) is 7.55. The summed E-state index contributed by atoms with van der Waals surface area (Å²) in [6, 6.07) is 0. The molecule has 0 amide bonds. The number of nitrogens with one attached hydrogen (secondary N) is 1. The molecule has 0 unspecified atom stereocenters. The van der Waals surface area contributed by atoms with Crippen molar-refractivity contribution in [1.29, 1.82) is 0 Å². The van der Waals surface area contributed by atoms with Crippen LogP contribution in [0.3, 0.4) is 0 Å². The van der Waals surface area contributed by atoms with Crippen molar-refractivity contribution >= 4 is 24.8 Å². The van der Waals surface area contributed by atoms with Crippen LogP contribution < -0.4 is 5.32 Å². The van der Waals surface area contributed by atoms with Gasteiger partial charge in [-0.3, -0.25) is 4.90 Å². The molecular formula is C14H31Cl2N3O. The number of halogens is 2. The van der Waals surface area contributed by atoms with E-state index in [-0.39, 0.29) is 24.8 Å². The van der Waals surface area contributed by atoms with Gasteiger partial charge in [0.25, 0.3) is 0 Å². The van der Waals surface area contributed by atoms with Crippen molar-refractivity contribution in [2.24, 2.45) is 5.92 Å². The second-order valence-corrected chi connectivity index (χ2v) is 5.63. The number of ether oxygens (including phenoxy) is 1. The predicted molar refractivity (Wildman–Crippen MR) is 89.5 cm³/mol. The molecule has 0 aromatic heterocycles. The van der Waals surface area contributed by atoms with Gasteiger partial charge in [0.2, 0.25) is 0 Å². The smallest absolute Gasteiger partial charge is 0.0594 e. The molecule has 0 spiro atoms. The minimum Gasteiger partial charge on any atom is -0.379 e. The highest BCUT2D eigenvalue weighted by Crippen LogP contribution is 2.19. The Labute approximate surface area is 136 Å². The zero-order valence-corrected chi connectivity index (χ0v) is 14.3. The monoisotopic (exact) mass is 327 g/mol. The van der Waals surface area contributed by atoms with Crippen molar-refractivity contribution in [3.05, 3.63) is 0 Å². The number of nitrogens with zero attached hydrogens (tertiary/aromatic N) is 2. The molecule has 0 radical (unpaired) electrons. The summed E-state index contributed by atoms with van der Waals surface area (Å²) in [5, 5.41) is 3.26. The highest BCUT2D eigenvalue weighted by atomic mass is 35.5. The molecular weight excluding hydrogens is 297 g/mol. The van der Waals surface area contributed by atoms with E-state index in [0.29, 0.717) is 0 Å². The molecule has 4 nitrogen and oxygen atoms in total. The zero-order chi connectivity index (χ0) is 12.6. The van der Waals surface area contributed by atoms with Gasteiger partial charge in [-0.15, -0.1) is 24.8 Å². The van der Waals surface area contributed by atoms with Crippen LogP contribution in [-0.2, 0) is 4.74 Å². The van der Waals surface area contributed by atoms with Crippen LogP contribution in [0.4, 0.5) is 0 Å². The fraction of sp³-hybridized carbons (Fsp3) is 1.00. The number of piperidine rings is 1. The third-order valence-corrected chi connectivity index (χ3v) is 4.35. The van der Waals surface area contributed by atoms with E-state index < -0.39 is 0 Å². The van der Waals surface area contributed by atoms with Crippen molar-refractivity contribution in [3.8, 4) is 0 Å². The minimum absolute atomic E-state index is 0. The van der Waals surface area contributed by atoms with Gasteiger partial charge in [0.15, 0.2) is 0 Å². The normalized spacial score (nSPS) is 22.1. The number of hydrogen-bond acceptors (Lipinski definition) is 4. The second kappa shape index (κ2) is 12.0. The topological polar surface area (TPSA) is 27.7 Å². The van der Waals surface area contributed by atoms with E-state index in [4.69, 9.17) is 4.74 Å². The lowest BCUT2D eigenvalue weighted by molar-refractivity contribution is 0.0313. The van der Waals surface area contributed by atoms with Gasteiger partial charge < -0.3 is 15.0 Å². The lowest BCUT2D eigenvalue weighted by Crippen LogP contribution is -2.43. The first-order valence-corrected chi connectivity index (χ1v) is 7.55. The zero-order valence-electron chi connectivity index (χ0n) is 12.7. The predicted octanol–water partition coefficient (Wildman–Crippen LogP) is 1.48.